The SMILES string of the molecule is CC(C(=O)NCC(O)COc1ccc(C(F)(F)F)cc1)C(N)c1ccccc1.Cl. The predicted octanol–water partition coefficient (Wildman–Crippen LogP) is 3.32. The molecule has 4 N–H and O–H groups in total. The van der Waals surface area contributed by atoms with E-state index in [1.54, 1.807) is 6.92 Å². The number of hydrogen-bond acceptors (Lipinski definition) is 4. The molecule has 0 aromatic heterocycles. The van der Waals surface area contributed by atoms with Crippen LogP contribution in [0, 0.1) is 5.92 Å². The minimum absolute atomic E-state index is 0. The van der Waals surface area contributed by atoms with Crippen molar-refractivity contribution in [1.82, 2.24) is 5.32 Å². The van der Waals surface area contributed by atoms with Crippen molar-refractivity contribution in [2.75, 3.05) is 13.2 Å². The lowest BCUT2D eigenvalue weighted by Gasteiger charge is -2.21. The summed E-state index contributed by atoms with van der Waals surface area (Å²) in [6, 6.07) is 12.9. The first-order chi connectivity index (χ1) is 13.2. The molecular weight excluding hydrogens is 409 g/mol. The van der Waals surface area contributed by atoms with Gasteiger partial charge in [0, 0.05) is 12.6 Å². The lowest BCUT2D eigenvalue weighted by atomic mass is 9.94. The number of nitrogens with two attached hydrogens (primary N) is 1. The van der Waals surface area contributed by atoms with Crippen LogP contribution in [-0.2, 0) is 11.0 Å². The number of carbonyl (C=O) groups is 1. The van der Waals surface area contributed by atoms with Gasteiger partial charge in [0.1, 0.15) is 18.5 Å². The molecule has 3 atom stereocenters. The highest BCUT2D eigenvalue weighted by Gasteiger charge is 2.30. The Bertz CT molecular complexity index is 758. The third-order valence-corrected chi connectivity index (χ3v) is 4.27. The van der Waals surface area contributed by atoms with Crippen LogP contribution in [0.2, 0.25) is 0 Å². The molecule has 160 valence electrons. The summed E-state index contributed by atoms with van der Waals surface area (Å²) in [6.07, 6.45) is -5.44. The lowest BCUT2D eigenvalue weighted by Crippen LogP contribution is -2.40. The maximum absolute atomic E-state index is 12.5. The van der Waals surface area contributed by atoms with E-state index in [1.807, 2.05) is 30.3 Å². The van der Waals surface area contributed by atoms with Crippen molar-refractivity contribution in [2.45, 2.75) is 25.2 Å². The summed E-state index contributed by atoms with van der Waals surface area (Å²) >= 11 is 0. The number of benzene rings is 2. The molecule has 0 saturated heterocycles. The number of aliphatic hydroxyl groups excluding tert-OH is 1. The fourth-order valence-corrected chi connectivity index (χ4v) is 2.50. The molecule has 0 aliphatic carbocycles. The van der Waals surface area contributed by atoms with Crippen molar-refractivity contribution in [3.05, 3.63) is 65.7 Å². The van der Waals surface area contributed by atoms with Crippen LogP contribution in [0.15, 0.2) is 54.6 Å². The van der Waals surface area contributed by atoms with Crippen molar-refractivity contribution < 1.29 is 27.8 Å². The second-order valence-corrected chi connectivity index (χ2v) is 6.46. The zero-order chi connectivity index (χ0) is 20.7. The molecule has 0 bridgehead atoms. The molecule has 0 fully saturated rings. The number of ether oxygens (including phenoxy) is 1. The Labute approximate surface area is 173 Å². The van der Waals surface area contributed by atoms with E-state index in [-0.39, 0.29) is 37.2 Å². The highest BCUT2D eigenvalue weighted by Crippen LogP contribution is 2.30. The zero-order valence-electron chi connectivity index (χ0n) is 15.7. The van der Waals surface area contributed by atoms with Crippen LogP contribution < -0.4 is 15.8 Å². The molecule has 29 heavy (non-hydrogen) atoms. The van der Waals surface area contributed by atoms with Gasteiger partial charge in [0.25, 0.3) is 0 Å². The van der Waals surface area contributed by atoms with Gasteiger partial charge >= 0.3 is 6.18 Å². The third kappa shape index (κ3) is 7.56. The average Bonchev–Trinajstić information content (AvgIpc) is 2.69. The molecule has 0 aliphatic heterocycles. The number of alkyl halides is 3. The normalized spacial score (nSPS) is 14.3. The van der Waals surface area contributed by atoms with Crippen molar-refractivity contribution in [2.24, 2.45) is 11.7 Å². The molecule has 0 saturated carbocycles. The van der Waals surface area contributed by atoms with Crippen LogP contribution >= 0.6 is 12.4 Å². The maximum atomic E-state index is 12.5. The van der Waals surface area contributed by atoms with E-state index in [1.165, 1.54) is 12.1 Å². The Hall–Kier alpha value is -2.29. The average molecular weight is 433 g/mol. The van der Waals surface area contributed by atoms with Crippen LogP contribution in [0.3, 0.4) is 0 Å². The van der Waals surface area contributed by atoms with Crippen molar-refractivity contribution >= 4 is 18.3 Å². The van der Waals surface area contributed by atoms with Gasteiger partial charge in [0.15, 0.2) is 0 Å². The molecule has 0 spiro atoms. The van der Waals surface area contributed by atoms with Gasteiger partial charge in [-0.1, -0.05) is 37.3 Å². The Morgan fingerprint density at radius 3 is 2.28 bits per heavy atom. The van der Waals surface area contributed by atoms with Crippen LogP contribution in [0.4, 0.5) is 13.2 Å². The molecule has 1 amide bonds. The van der Waals surface area contributed by atoms with Crippen LogP contribution in [0.1, 0.15) is 24.1 Å². The fourth-order valence-electron chi connectivity index (χ4n) is 2.50. The Balaban J connectivity index is 0.00000420. The van der Waals surface area contributed by atoms with E-state index >= 15 is 0 Å². The van der Waals surface area contributed by atoms with Crippen molar-refractivity contribution in [3.8, 4) is 5.75 Å². The highest BCUT2D eigenvalue weighted by molar-refractivity contribution is 5.85. The molecule has 2 aromatic rings. The zero-order valence-corrected chi connectivity index (χ0v) is 16.5. The highest BCUT2D eigenvalue weighted by atomic mass is 35.5. The first kappa shape index (κ1) is 24.7. The van der Waals surface area contributed by atoms with E-state index in [9.17, 15) is 23.1 Å². The largest absolute Gasteiger partial charge is 0.491 e. The number of hydrogen-bond donors (Lipinski definition) is 3. The smallest absolute Gasteiger partial charge is 0.416 e. The Morgan fingerprint density at radius 1 is 1.14 bits per heavy atom. The predicted molar refractivity (Wildman–Crippen MR) is 106 cm³/mol. The van der Waals surface area contributed by atoms with Crippen LogP contribution in [-0.4, -0.2) is 30.3 Å². The number of nitrogens with one attached hydrogen (secondary N) is 1. The molecule has 3 unspecified atom stereocenters. The van der Waals surface area contributed by atoms with E-state index < -0.39 is 29.8 Å². The van der Waals surface area contributed by atoms with Crippen molar-refractivity contribution in [3.63, 3.8) is 0 Å². The first-order valence-electron chi connectivity index (χ1n) is 8.75. The third-order valence-electron chi connectivity index (χ3n) is 4.27. The molecule has 2 aromatic carbocycles. The number of amides is 1. The second-order valence-electron chi connectivity index (χ2n) is 6.46. The summed E-state index contributed by atoms with van der Waals surface area (Å²) in [5.41, 5.74) is 6.14. The summed E-state index contributed by atoms with van der Waals surface area (Å²) in [4.78, 5) is 12.2. The number of halogens is 4. The topological polar surface area (TPSA) is 84.6 Å². The summed E-state index contributed by atoms with van der Waals surface area (Å²) in [5.74, 6) is -0.631. The molecule has 2 rings (SSSR count). The minimum Gasteiger partial charge on any atom is -0.491 e. The summed E-state index contributed by atoms with van der Waals surface area (Å²) < 4.78 is 42.8. The molecule has 5 nitrogen and oxygen atoms in total. The molecule has 0 radical (unpaired) electrons. The monoisotopic (exact) mass is 432 g/mol. The Kier molecular flexibility index (Phi) is 9.42. The fraction of sp³-hybridized carbons (Fsp3) is 0.350. The lowest BCUT2D eigenvalue weighted by molar-refractivity contribution is -0.137. The molecule has 0 aliphatic rings. The molecule has 0 heterocycles. The van der Waals surface area contributed by atoms with Gasteiger partial charge in [-0.25, -0.2) is 0 Å². The Morgan fingerprint density at radius 2 is 1.72 bits per heavy atom. The van der Waals surface area contributed by atoms with E-state index in [0.29, 0.717) is 0 Å². The number of aliphatic hydroxyl groups is 1. The van der Waals surface area contributed by atoms with Crippen LogP contribution in [0.25, 0.3) is 0 Å². The van der Waals surface area contributed by atoms with E-state index in [0.717, 1.165) is 17.7 Å². The summed E-state index contributed by atoms with van der Waals surface area (Å²) in [6.45, 7) is 1.45. The van der Waals surface area contributed by atoms with Crippen LogP contribution in [0.5, 0.6) is 5.75 Å². The first-order valence-corrected chi connectivity index (χ1v) is 8.75. The number of carbonyl (C=O) groups excluding carboxylic acids is 1. The van der Waals surface area contributed by atoms with Gasteiger partial charge in [-0.2, -0.15) is 13.2 Å². The number of rotatable bonds is 8. The van der Waals surface area contributed by atoms with E-state index in [2.05, 4.69) is 5.32 Å². The summed E-state index contributed by atoms with van der Waals surface area (Å²) in [7, 11) is 0. The summed E-state index contributed by atoms with van der Waals surface area (Å²) in [5, 5.41) is 12.5. The maximum Gasteiger partial charge on any atom is 0.416 e. The standard InChI is InChI=1S/C20H23F3N2O3.ClH/c1-13(18(24)14-5-3-2-4-6-14)19(27)25-11-16(26)12-28-17-9-7-15(8-10-17)20(21,22)23;/h2-10,13,16,18,26H,11-12,24H2,1H3,(H,25,27);1H. The van der Waals surface area contributed by atoms with Crippen molar-refractivity contribution in [1.29, 1.82) is 0 Å². The molecule has 9 heteroatoms. The quantitative estimate of drug-likeness (QED) is 0.597. The van der Waals surface area contributed by atoms with Gasteiger partial charge in [0.2, 0.25) is 5.91 Å². The second kappa shape index (κ2) is 11.0. The minimum atomic E-state index is -4.42. The van der Waals surface area contributed by atoms with Gasteiger partial charge in [-0.3, -0.25) is 4.79 Å². The van der Waals surface area contributed by atoms with Gasteiger partial charge in [-0.15, -0.1) is 12.4 Å². The van der Waals surface area contributed by atoms with Gasteiger partial charge in [-0.05, 0) is 29.8 Å². The van der Waals surface area contributed by atoms with E-state index in [4.69, 9.17) is 10.5 Å². The molecular formula is C20H24ClF3N2O3. The van der Waals surface area contributed by atoms with Gasteiger partial charge in [0.05, 0.1) is 11.5 Å². The van der Waals surface area contributed by atoms with Gasteiger partial charge < -0.3 is 20.9 Å².